The molecule has 1 N–H and O–H groups in total. The quantitative estimate of drug-likeness (QED) is 0.366. The molecule has 0 radical (unpaired) electrons. The number of carbonyl (C=O) groups excluding carboxylic acids is 2. The number of hydrogen-bond acceptors (Lipinski definition) is 6. The highest BCUT2D eigenvalue weighted by Crippen LogP contribution is 2.32. The van der Waals surface area contributed by atoms with E-state index in [0.29, 0.717) is 22.2 Å². The number of aromatic nitrogens is 1. The number of carbonyl (C=O) groups is 2. The van der Waals surface area contributed by atoms with Crippen LogP contribution < -0.4 is 10.1 Å². The van der Waals surface area contributed by atoms with Crippen molar-refractivity contribution in [3.8, 4) is 11.4 Å². The molecule has 1 saturated heterocycles. The van der Waals surface area contributed by atoms with Gasteiger partial charge in [0.2, 0.25) is 0 Å². The summed E-state index contributed by atoms with van der Waals surface area (Å²) in [6.45, 7) is 8.44. The number of rotatable bonds is 6. The van der Waals surface area contributed by atoms with Crippen molar-refractivity contribution in [3.63, 3.8) is 0 Å². The molecular weight excluding hydrogens is 462 g/mol. The van der Waals surface area contributed by atoms with Gasteiger partial charge >= 0.3 is 5.97 Å². The van der Waals surface area contributed by atoms with E-state index in [2.05, 4.69) is 14.9 Å². The Bertz CT molecular complexity index is 1350. The molecule has 1 amide bonds. The lowest BCUT2D eigenvalue weighted by Crippen LogP contribution is -2.19. The van der Waals surface area contributed by atoms with Gasteiger partial charge in [-0.15, -0.1) is 0 Å². The van der Waals surface area contributed by atoms with E-state index in [0.717, 1.165) is 39.6 Å². The fourth-order valence-electron chi connectivity index (χ4n) is 4.02. The van der Waals surface area contributed by atoms with Crippen LogP contribution in [0.4, 0.5) is 5.69 Å². The topological polar surface area (TPSA) is 81.9 Å². The standard InChI is InChI=1S/C27H27N3O4S/c1-6-34-21-12-10-20(11-13-21)28-27-29-25(31)24(35-27)15-19-14-16(2)30(18(19)4)23-9-7-8-22(17(23)3)26(32)33-5/h7-15H,6H2,1-5H3,(H,28,29,31)/b24-15+. The number of methoxy groups -OCH3 is 1. The summed E-state index contributed by atoms with van der Waals surface area (Å²) in [5.74, 6) is 0.226. The van der Waals surface area contributed by atoms with Crippen molar-refractivity contribution < 1.29 is 19.1 Å². The van der Waals surface area contributed by atoms with Gasteiger partial charge in [-0.25, -0.2) is 9.79 Å². The van der Waals surface area contributed by atoms with Crippen LogP contribution in [0.1, 0.15) is 39.8 Å². The number of esters is 1. The minimum atomic E-state index is -0.368. The maximum absolute atomic E-state index is 12.6. The molecule has 1 aliphatic rings. The van der Waals surface area contributed by atoms with Crippen molar-refractivity contribution in [2.45, 2.75) is 27.7 Å². The fraction of sp³-hybridized carbons (Fsp3) is 0.222. The van der Waals surface area contributed by atoms with Gasteiger partial charge < -0.3 is 19.4 Å². The second-order valence-corrected chi connectivity index (χ2v) is 9.04. The van der Waals surface area contributed by atoms with E-state index in [1.165, 1.54) is 18.9 Å². The largest absolute Gasteiger partial charge is 0.494 e. The molecule has 2 aromatic carbocycles. The van der Waals surface area contributed by atoms with Gasteiger partial charge in [0.25, 0.3) is 5.91 Å². The highest BCUT2D eigenvalue weighted by molar-refractivity contribution is 8.18. The number of nitrogens with zero attached hydrogens (tertiary/aromatic N) is 2. The summed E-state index contributed by atoms with van der Waals surface area (Å²) in [6, 6.07) is 15.0. The second-order valence-electron chi connectivity index (χ2n) is 8.01. The van der Waals surface area contributed by atoms with Crippen LogP contribution in [0.25, 0.3) is 11.8 Å². The number of thioether (sulfide) groups is 1. The summed E-state index contributed by atoms with van der Waals surface area (Å²) in [6.07, 6.45) is 1.87. The first-order valence-electron chi connectivity index (χ1n) is 11.2. The van der Waals surface area contributed by atoms with Crippen LogP contribution in [0.15, 0.2) is 58.4 Å². The molecule has 3 aromatic rings. The lowest BCUT2D eigenvalue weighted by Gasteiger charge is -2.15. The Balaban J connectivity index is 1.62. The summed E-state index contributed by atoms with van der Waals surface area (Å²) >= 11 is 1.30. The van der Waals surface area contributed by atoms with E-state index in [9.17, 15) is 9.59 Å². The third-order valence-electron chi connectivity index (χ3n) is 5.74. The van der Waals surface area contributed by atoms with E-state index in [-0.39, 0.29) is 11.9 Å². The number of ether oxygens (including phenoxy) is 2. The molecular formula is C27H27N3O4S. The summed E-state index contributed by atoms with van der Waals surface area (Å²) in [5.41, 5.74) is 5.86. The molecule has 2 heterocycles. The Morgan fingerprint density at radius 1 is 1.14 bits per heavy atom. The zero-order chi connectivity index (χ0) is 25.1. The number of benzene rings is 2. The first-order chi connectivity index (χ1) is 16.8. The first kappa shape index (κ1) is 24.3. The van der Waals surface area contributed by atoms with Gasteiger partial charge in [0.1, 0.15) is 5.75 Å². The number of amidine groups is 1. The molecule has 1 fully saturated rings. The molecule has 0 unspecified atom stereocenters. The molecule has 0 bridgehead atoms. The molecule has 7 nitrogen and oxygen atoms in total. The smallest absolute Gasteiger partial charge is 0.338 e. The molecule has 1 aliphatic heterocycles. The van der Waals surface area contributed by atoms with E-state index in [4.69, 9.17) is 9.47 Å². The van der Waals surface area contributed by atoms with Crippen LogP contribution in [0.2, 0.25) is 0 Å². The van der Waals surface area contributed by atoms with Crippen molar-refractivity contribution in [1.29, 1.82) is 0 Å². The minimum Gasteiger partial charge on any atom is -0.494 e. The van der Waals surface area contributed by atoms with Gasteiger partial charge in [0, 0.05) is 17.1 Å². The van der Waals surface area contributed by atoms with Gasteiger partial charge in [-0.3, -0.25) is 4.79 Å². The Kier molecular flexibility index (Phi) is 7.12. The monoisotopic (exact) mass is 489 g/mol. The van der Waals surface area contributed by atoms with Gasteiger partial charge in [0.05, 0.1) is 29.9 Å². The van der Waals surface area contributed by atoms with Crippen molar-refractivity contribution in [1.82, 2.24) is 9.88 Å². The number of amides is 1. The van der Waals surface area contributed by atoms with Crippen LogP contribution in [-0.4, -0.2) is 35.3 Å². The number of aryl methyl sites for hydroxylation is 1. The fourth-order valence-corrected chi connectivity index (χ4v) is 4.86. The molecule has 1 aromatic heterocycles. The SMILES string of the molecule is CCOc1ccc(N=C2NC(=O)/C(=C\c3cc(C)n(-c4cccc(C(=O)OC)c4C)c3C)S2)cc1. The Labute approximate surface area is 208 Å². The average Bonchev–Trinajstić information content (AvgIpc) is 3.32. The second kappa shape index (κ2) is 10.2. The summed E-state index contributed by atoms with van der Waals surface area (Å²) in [5, 5.41) is 3.37. The molecule has 180 valence electrons. The zero-order valence-corrected chi connectivity index (χ0v) is 21.2. The molecule has 4 rings (SSSR count). The maximum Gasteiger partial charge on any atom is 0.338 e. The van der Waals surface area contributed by atoms with Crippen molar-refractivity contribution in [3.05, 3.63) is 81.5 Å². The van der Waals surface area contributed by atoms with Gasteiger partial charge in [-0.05, 0) is 99.1 Å². The molecule has 0 aliphatic carbocycles. The van der Waals surface area contributed by atoms with Gasteiger partial charge in [-0.2, -0.15) is 0 Å². The van der Waals surface area contributed by atoms with Crippen molar-refractivity contribution >= 4 is 40.6 Å². The third kappa shape index (κ3) is 5.02. The lowest BCUT2D eigenvalue weighted by atomic mass is 10.1. The van der Waals surface area contributed by atoms with Crippen LogP contribution in [0, 0.1) is 20.8 Å². The van der Waals surface area contributed by atoms with Crippen molar-refractivity contribution in [2.75, 3.05) is 13.7 Å². The minimum absolute atomic E-state index is 0.187. The number of hydrogen-bond donors (Lipinski definition) is 1. The van der Waals surface area contributed by atoms with E-state index in [1.54, 1.807) is 6.07 Å². The molecule has 8 heteroatoms. The van der Waals surface area contributed by atoms with Crippen LogP contribution >= 0.6 is 11.8 Å². The number of aliphatic imine (C=N–C) groups is 1. The maximum atomic E-state index is 12.6. The predicted octanol–water partition coefficient (Wildman–Crippen LogP) is 5.48. The molecule has 0 spiro atoms. The summed E-state index contributed by atoms with van der Waals surface area (Å²) in [7, 11) is 1.38. The Morgan fingerprint density at radius 2 is 1.89 bits per heavy atom. The molecule has 35 heavy (non-hydrogen) atoms. The number of nitrogens with one attached hydrogen (secondary N) is 1. The average molecular weight is 490 g/mol. The highest BCUT2D eigenvalue weighted by Gasteiger charge is 2.25. The van der Waals surface area contributed by atoms with Crippen LogP contribution in [0.3, 0.4) is 0 Å². The zero-order valence-electron chi connectivity index (χ0n) is 20.3. The molecule has 0 saturated carbocycles. The predicted molar refractivity (Wildman–Crippen MR) is 140 cm³/mol. The normalized spacial score (nSPS) is 15.5. The van der Waals surface area contributed by atoms with Crippen LogP contribution in [-0.2, 0) is 9.53 Å². The first-order valence-corrected chi connectivity index (χ1v) is 12.0. The third-order valence-corrected chi connectivity index (χ3v) is 6.65. The van der Waals surface area contributed by atoms with Gasteiger partial charge in [0.15, 0.2) is 5.17 Å². The summed E-state index contributed by atoms with van der Waals surface area (Å²) in [4.78, 5) is 29.9. The Hall–Kier alpha value is -3.78. The molecule has 0 atom stereocenters. The Morgan fingerprint density at radius 3 is 2.57 bits per heavy atom. The van der Waals surface area contributed by atoms with E-state index >= 15 is 0 Å². The van der Waals surface area contributed by atoms with E-state index < -0.39 is 0 Å². The van der Waals surface area contributed by atoms with Crippen molar-refractivity contribution in [2.24, 2.45) is 4.99 Å². The van der Waals surface area contributed by atoms with E-state index in [1.807, 2.05) is 76.2 Å². The lowest BCUT2D eigenvalue weighted by molar-refractivity contribution is -0.115. The highest BCUT2D eigenvalue weighted by atomic mass is 32.2. The summed E-state index contributed by atoms with van der Waals surface area (Å²) < 4.78 is 12.5. The van der Waals surface area contributed by atoms with Crippen LogP contribution in [0.5, 0.6) is 5.75 Å². The van der Waals surface area contributed by atoms with Gasteiger partial charge in [-0.1, -0.05) is 6.07 Å².